The van der Waals surface area contributed by atoms with E-state index in [1.807, 2.05) is 56.3 Å². The average molecular weight is 541 g/mol. The number of rotatable bonds is 9. The highest BCUT2D eigenvalue weighted by Crippen LogP contribution is 2.26. The number of nitrogens with zero attached hydrogens (tertiary/aromatic N) is 2. The minimum atomic E-state index is -0.118. The molecule has 0 aliphatic rings. The van der Waals surface area contributed by atoms with Gasteiger partial charge in [-0.3, -0.25) is 4.79 Å². The Kier molecular flexibility index (Phi) is 7.91. The molecule has 34 heavy (non-hydrogen) atoms. The zero-order chi connectivity index (χ0) is 24.1. The molecule has 3 aromatic carbocycles. The number of hydrogen-bond acceptors (Lipinski definition) is 3. The number of carbonyl (C=O) groups excluding carboxylic acids is 1. The molecule has 1 N–H and O–H groups in total. The van der Waals surface area contributed by atoms with Crippen molar-refractivity contribution in [2.45, 2.75) is 39.8 Å². The quantitative estimate of drug-likeness (QED) is 0.236. The Morgan fingerprint density at radius 2 is 1.76 bits per heavy atom. The number of aromatic nitrogens is 2. The monoisotopic (exact) mass is 539 g/mol. The molecule has 0 saturated heterocycles. The molecular weight excluding hydrogens is 514 g/mol. The summed E-state index contributed by atoms with van der Waals surface area (Å²) >= 11 is 9.64. The highest BCUT2D eigenvalue weighted by molar-refractivity contribution is 9.10. The van der Waals surface area contributed by atoms with Crippen molar-refractivity contribution in [3.05, 3.63) is 92.7 Å². The second kappa shape index (κ2) is 11.1. The third kappa shape index (κ3) is 5.80. The van der Waals surface area contributed by atoms with Crippen molar-refractivity contribution in [2.24, 2.45) is 0 Å². The van der Waals surface area contributed by atoms with E-state index in [1.54, 1.807) is 12.1 Å². The van der Waals surface area contributed by atoms with Crippen LogP contribution in [0.2, 0.25) is 5.02 Å². The van der Waals surface area contributed by atoms with Crippen LogP contribution in [0.25, 0.3) is 11.0 Å². The van der Waals surface area contributed by atoms with Crippen molar-refractivity contribution < 1.29 is 9.53 Å². The Labute approximate surface area is 213 Å². The molecule has 5 nitrogen and oxygen atoms in total. The van der Waals surface area contributed by atoms with Crippen LogP contribution in [0.1, 0.15) is 40.2 Å². The fraction of sp³-hybridized carbons (Fsp3) is 0.259. The molecule has 4 aromatic rings. The maximum Gasteiger partial charge on any atom is 0.251 e. The standard InChI is InChI=1S/C27H27BrClN3O2/c1-18-15-22(16-19(2)26(18)29)34-14-6-5-13-32-24-8-4-3-7-23(24)31-25(32)17-30-27(33)20-9-11-21(28)12-10-20/h3-4,7-12,15-16H,5-6,13-14,17H2,1-2H3,(H,30,33). The third-order valence-corrected chi connectivity index (χ3v) is 6.83. The molecule has 0 saturated carbocycles. The molecule has 0 aliphatic heterocycles. The van der Waals surface area contributed by atoms with Gasteiger partial charge in [-0.15, -0.1) is 0 Å². The normalized spacial score (nSPS) is 11.1. The van der Waals surface area contributed by atoms with E-state index in [0.29, 0.717) is 18.7 Å². The largest absolute Gasteiger partial charge is 0.494 e. The summed E-state index contributed by atoms with van der Waals surface area (Å²) in [5.74, 6) is 1.58. The number of nitrogens with one attached hydrogen (secondary N) is 1. The Hall–Kier alpha value is -2.83. The lowest BCUT2D eigenvalue weighted by molar-refractivity contribution is 0.0949. The summed E-state index contributed by atoms with van der Waals surface area (Å²) in [4.78, 5) is 17.3. The number of para-hydroxylation sites is 2. The maximum atomic E-state index is 12.6. The number of halogens is 2. The zero-order valence-corrected chi connectivity index (χ0v) is 21.6. The van der Waals surface area contributed by atoms with E-state index >= 15 is 0 Å². The third-order valence-electron chi connectivity index (χ3n) is 5.70. The zero-order valence-electron chi connectivity index (χ0n) is 19.3. The van der Waals surface area contributed by atoms with Gasteiger partial charge in [0.1, 0.15) is 11.6 Å². The predicted octanol–water partition coefficient (Wildman–Crippen LogP) is 6.86. The Morgan fingerprint density at radius 1 is 1.06 bits per heavy atom. The lowest BCUT2D eigenvalue weighted by Gasteiger charge is -2.12. The topological polar surface area (TPSA) is 56.1 Å². The first kappa shape index (κ1) is 24.3. The number of hydrogen-bond donors (Lipinski definition) is 1. The van der Waals surface area contributed by atoms with E-state index in [4.69, 9.17) is 21.3 Å². The van der Waals surface area contributed by atoms with Crippen LogP contribution in [0.5, 0.6) is 5.75 Å². The molecule has 0 fully saturated rings. The van der Waals surface area contributed by atoms with Crippen molar-refractivity contribution >= 4 is 44.5 Å². The second-order valence-electron chi connectivity index (χ2n) is 8.28. The molecule has 0 unspecified atom stereocenters. The van der Waals surface area contributed by atoms with Crippen LogP contribution in [0.15, 0.2) is 65.1 Å². The summed E-state index contributed by atoms with van der Waals surface area (Å²) < 4.78 is 9.08. The number of amides is 1. The van der Waals surface area contributed by atoms with Gasteiger partial charge in [0, 0.05) is 21.6 Å². The van der Waals surface area contributed by atoms with Gasteiger partial charge in [0.15, 0.2) is 0 Å². The first-order valence-electron chi connectivity index (χ1n) is 11.3. The van der Waals surface area contributed by atoms with Gasteiger partial charge in [0.25, 0.3) is 5.91 Å². The molecule has 1 amide bonds. The molecule has 0 spiro atoms. The smallest absolute Gasteiger partial charge is 0.251 e. The lowest BCUT2D eigenvalue weighted by atomic mass is 10.1. The van der Waals surface area contributed by atoms with E-state index in [2.05, 4.69) is 31.9 Å². The van der Waals surface area contributed by atoms with Crippen molar-refractivity contribution in [3.63, 3.8) is 0 Å². The molecule has 7 heteroatoms. The van der Waals surface area contributed by atoms with Crippen molar-refractivity contribution in [1.82, 2.24) is 14.9 Å². The van der Waals surface area contributed by atoms with Gasteiger partial charge >= 0.3 is 0 Å². The summed E-state index contributed by atoms with van der Waals surface area (Å²) in [6.07, 6.45) is 1.83. The van der Waals surface area contributed by atoms with Crippen LogP contribution in [0.3, 0.4) is 0 Å². The highest BCUT2D eigenvalue weighted by Gasteiger charge is 2.12. The van der Waals surface area contributed by atoms with Crippen molar-refractivity contribution in [1.29, 1.82) is 0 Å². The highest BCUT2D eigenvalue weighted by atomic mass is 79.9. The molecular formula is C27H27BrClN3O2. The Balaban J connectivity index is 1.37. The summed E-state index contributed by atoms with van der Waals surface area (Å²) in [5, 5.41) is 3.79. The van der Waals surface area contributed by atoms with Gasteiger partial charge < -0.3 is 14.6 Å². The van der Waals surface area contributed by atoms with Gasteiger partial charge in [-0.05, 0) is 86.3 Å². The number of carbonyl (C=O) groups is 1. The van der Waals surface area contributed by atoms with E-state index in [0.717, 1.165) is 62.6 Å². The maximum absolute atomic E-state index is 12.6. The Morgan fingerprint density at radius 3 is 2.50 bits per heavy atom. The predicted molar refractivity (Wildman–Crippen MR) is 141 cm³/mol. The fourth-order valence-corrected chi connectivity index (χ4v) is 4.30. The van der Waals surface area contributed by atoms with E-state index in [9.17, 15) is 4.79 Å². The molecule has 4 rings (SSSR count). The summed E-state index contributed by atoms with van der Waals surface area (Å²) in [5.41, 5.74) is 4.67. The molecule has 1 aromatic heterocycles. The second-order valence-corrected chi connectivity index (χ2v) is 9.58. The number of fused-ring (bicyclic) bond motifs is 1. The summed E-state index contributed by atoms with van der Waals surface area (Å²) in [6, 6.07) is 19.3. The van der Waals surface area contributed by atoms with Gasteiger partial charge in [0.2, 0.25) is 0 Å². The number of unbranched alkanes of at least 4 members (excludes halogenated alkanes) is 1. The van der Waals surface area contributed by atoms with Gasteiger partial charge in [0.05, 0.1) is 24.2 Å². The van der Waals surface area contributed by atoms with Gasteiger partial charge in [-0.1, -0.05) is 39.7 Å². The first-order valence-corrected chi connectivity index (χ1v) is 12.5. The van der Waals surface area contributed by atoms with Crippen LogP contribution in [-0.2, 0) is 13.1 Å². The molecule has 176 valence electrons. The lowest BCUT2D eigenvalue weighted by Crippen LogP contribution is -2.24. The summed E-state index contributed by atoms with van der Waals surface area (Å²) in [6.45, 7) is 5.77. The van der Waals surface area contributed by atoms with Crippen LogP contribution in [0.4, 0.5) is 0 Å². The van der Waals surface area contributed by atoms with Crippen molar-refractivity contribution in [2.75, 3.05) is 6.61 Å². The van der Waals surface area contributed by atoms with E-state index in [-0.39, 0.29) is 5.91 Å². The van der Waals surface area contributed by atoms with Gasteiger partial charge in [-0.2, -0.15) is 0 Å². The van der Waals surface area contributed by atoms with E-state index in [1.165, 1.54) is 0 Å². The number of imidazole rings is 1. The first-order chi connectivity index (χ1) is 16.4. The van der Waals surface area contributed by atoms with Crippen LogP contribution in [-0.4, -0.2) is 22.1 Å². The fourth-order valence-electron chi connectivity index (χ4n) is 3.92. The SMILES string of the molecule is Cc1cc(OCCCCn2c(CNC(=O)c3ccc(Br)cc3)nc3ccccc32)cc(C)c1Cl. The minimum Gasteiger partial charge on any atom is -0.494 e. The molecule has 1 heterocycles. The van der Waals surface area contributed by atoms with Crippen LogP contribution in [0, 0.1) is 13.8 Å². The van der Waals surface area contributed by atoms with E-state index < -0.39 is 0 Å². The number of aryl methyl sites for hydroxylation is 3. The average Bonchev–Trinajstić information content (AvgIpc) is 3.18. The molecule has 0 atom stereocenters. The minimum absolute atomic E-state index is 0.118. The molecule has 0 bridgehead atoms. The van der Waals surface area contributed by atoms with Gasteiger partial charge in [-0.25, -0.2) is 4.98 Å². The number of benzene rings is 3. The van der Waals surface area contributed by atoms with Crippen LogP contribution < -0.4 is 10.1 Å². The molecule has 0 aliphatic carbocycles. The molecule has 0 radical (unpaired) electrons. The van der Waals surface area contributed by atoms with Crippen LogP contribution >= 0.6 is 27.5 Å². The summed E-state index contributed by atoms with van der Waals surface area (Å²) in [7, 11) is 0. The van der Waals surface area contributed by atoms with Crippen molar-refractivity contribution in [3.8, 4) is 5.75 Å². The Bertz CT molecular complexity index is 1280. The number of ether oxygens (including phenoxy) is 1.